The SMILES string of the molecule is CSc1ccccc1C(=O)Nc1ccc2sc(C)nc2c1. The quantitative estimate of drug-likeness (QED) is 0.720. The Kier molecular flexibility index (Phi) is 3.94. The van der Waals surface area contributed by atoms with Crippen LogP contribution in [-0.2, 0) is 0 Å². The first-order chi connectivity index (χ1) is 10.2. The number of carbonyl (C=O) groups is 1. The molecule has 0 fully saturated rings. The van der Waals surface area contributed by atoms with Crippen LogP contribution in [0.2, 0.25) is 0 Å². The highest BCUT2D eigenvalue weighted by atomic mass is 32.2. The second-order valence-electron chi connectivity index (χ2n) is 4.57. The van der Waals surface area contributed by atoms with E-state index in [1.54, 1.807) is 23.1 Å². The van der Waals surface area contributed by atoms with Gasteiger partial charge in [0.15, 0.2) is 0 Å². The number of carbonyl (C=O) groups excluding carboxylic acids is 1. The Morgan fingerprint density at radius 1 is 1.24 bits per heavy atom. The highest BCUT2D eigenvalue weighted by Crippen LogP contribution is 2.25. The molecule has 5 heteroatoms. The van der Waals surface area contributed by atoms with Crippen LogP contribution in [0, 0.1) is 6.92 Å². The Labute approximate surface area is 131 Å². The fraction of sp³-hybridized carbons (Fsp3) is 0.125. The Balaban J connectivity index is 1.88. The summed E-state index contributed by atoms with van der Waals surface area (Å²) >= 11 is 3.22. The second kappa shape index (κ2) is 5.87. The number of hydrogen-bond donors (Lipinski definition) is 1. The normalized spacial score (nSPS) is 10.8. The standard InChI is InChI=1S/C16H14N2OS2/c1-10-17-13-9-11(7-8-15(13)21-10)18-16(19)12-5-3-4-6-14(12)20-2/h3-9H,1-2H3,(H,18,19). The number of thioether (sulfide) groups is 1. The number of amides is 1. The first kappa shape index (κ1) is 14.1. The molecule has 0 radical (unpaired) electrons. The van der Waals surface area contributed by atoms with E-state index in [1.165, 1.54) is 0 Å². The average Bonchev–Trinajstić information content (AvgIpc) is 2.86. The van der Waals surface area contributed by atoms with E-state index in [1.807, 2.05) is 55.6 Å². The molecule has 0 saturated carbocycles. The lowest BCUT2D eigenvalue weighted by atomic mass is 10.2. The molecule has 3 aromatic rings. The lowest BCUT2D eigenvalue weighted by molar-refractivity contribution is 0.102. The third-order valence-electron chi connectivity index (χ3n) is 3.10. The van der Waals surface area contributed by atoms with Crippen molar-refractivity contribution in [2.24, 2.45) is 0 Å². The van der Waals surface area contributed by atoms with Crippen molar-refractivity contribution < 1.29 is 4.79 Å². The van der Waals surface area contributed by atoms with Crippen molar-refractivity contribution >= 4 is 44.9 Å². The molecular formula is C16H14N2OS2. The third-order valence-corrected chi connectivity index (χ3v) is 4.85. The predicted molar refractivity (Wildman–Crippen MR) is 90.5 cm³/mol. The number of fused-ring (bicyclic) bond motifs is 1. The summed E-state index contributed by atoms with van der Waals surface area (Å²) in [6.45, 7) is 1.98. The number of anilines is 1. The summed E-state index contributed by atoms with van der Waals surface area (Å²) in [5.41, 5.74) is 2.39. The van der Waals surface area contributed by atoms with Gasteiger partial charge in [-0.05, 0) is 43.5 Å². The fourth-order valence-corrected chi connectivity index (χ4v) is 3.55. The van der Waals surface area contributed by atoms with Gasteiger partial charge >= 0.3 is 0 Å². The van der Waals surface area contributed by atoms with E-state index in [4.69, 9.17) is 0 Å². The zero-order valence-electron chi connectivity index (χ0n) is 11.7. The number of hydrogen-bond acceptors (Lipinski definition) is 4. The van der Waals surface area contributed by atoms with Gasteiger partial charge in [0.2, 0.25) is 0 Å². The van der Waals surface area contributed by atoms with Crippen LogP contribution >= 0.6 is 23.1 Å². The molecule has 2 aromatic carbocycles. The monoisotopic (exact) mass is 314 g/mol. The molecule has 0 atom stereocenters. The topological polar surface area (TPSA) is 42.0 Å². The summed E-state index contributed by atoms with van der Waals surface area (Å²) in [6, 6.07) is 13.4. The summed E-state index contributed by atoms with van der Waals surface area (Å²) in [6.07, 6.45) is 1.97. The molecule has 0 spiro atoms. The molecule has 1 N–H and O–H groups in total. The number of thiazole rings is 1. The molecule has 0 unspecified atom stereocenters. The van der Waals surface area contributed by atoms with E-state index >= 15 is 0 Å². The molecular weight excluding hydrogens is 300 g/mol. The maximum absolute atomic E-state index is 12.4. The largest absolute Gasteiger partial charge is 0.322 e. The summed E-state index contributed by atoms with van der Waals surface area (Å²) in [5, 5.41) is 3.98. The van der Waals surface area contributed by atoms with Crippen molar-refractivity contribution in [2.75, 3.05) is 11.6 Å². The molecule has 0 saturated heterocycles. The van der Waals surface area contributed by atoms with Gasteiger partial charge < -0.3 is 5.32 Å². The van der Waals surface area contributed by atoms with Crippen molar-refractivity contribution in [1.82, 2.24) is 4.98 Å². The summed E-state index contributed by atoms with van der Waals surface area (Å²) in [4.78, 5) is 17.8. The van der Waals surface area contributed by atoms with Crippen LogP contribution in [0.15, 0.2) is 47.4 Å². The van der Waals surface area contributed by atoms with Crippen LogP contribution in [0.3, 0.4) is 0 Å². The zero-order chi connectivity index (χ0) is 14.8. The molecule has 21 heavy (non-hydrogen) atoms. The highest BCUT2D eigenvalue weighted by Gasteiger charge is 2.11. The predicted octanol–water partition coefficient (Wildman–Crippen LogP) is 4.58. The Morgan fingerprint density at radius 2 is 2.05 bits per heavy atom. The van der Waals surface area contributed by atoms with Gasteiger partial charge in [-0.2, -0.15) is 0 Å². The first-order valence-electron chi connectivity index (χ1n) is 6.49. The van der Waals surface area contributed by atoms with E-state index in [0.29, 0.717) is 5.56 Å². The van der Waals surface area contributed by atoms with Gasteiger partial charge in [0, 0.05) is 10.6 Å². The minimum atomic E-state index is -0.0914. The first-order valence-corrected chi connectivity index (χ1v) is 8.53. The maximum Gasteiger partial charge on any atom is 0.256 e. The van der Waals surface area contributed by atoms with Gasteiger partial charge in [-0.15, -0.1) is 23.1 Å². The molecule has 0 bridgehead atoms. The van der Waals surface area contributed by atoms with Gasteiger partial charge in [-0.1, -0.05) is 12.1 Å². The number of nitrogens with one attached hydrogen (secondary N) is 1. The molecule has 3 nitrogen and oxygen atoms in total. The van der Waals surface area contributed by atoms with Gasteiger partial charge in [0.25, 0.3) is 5.91 Å². The van der Waals surface area contributed by atoms with Gasteiger partial charge in [-0.3, -0.25) is 4.79 Å². The van der Waals surface area contributed by atoms with Gasteiger partial charge in [-0.25, -0.2) is 4.98 Å². The maximum atomic E-state index is 12.4. The summed E-state index contributed by atoms with van der Waals surface area (Å²) in [7, 11) is 0. The molecule has 1 heterocycles. The van der Waals surface area contributed by atoms with Crippen molar-refractivity contribution in [2.45, 2.75) is 11.8 Å². The number of rotatable bonds is 3. The summed E-state index contributed by atoms with van der Waals surface area (Å²) < 4.78 is 1.13. The third kappa shape index (κ3) is 2.94. The second-order valence-corrected chi connectivity index (χ2v) is 6.65. The number of benzene rings is 2. The van der Waals surface area contributed by atoms with Crippen LogP contribution in [0.4, 0.5) is 5.69 Å². The van der Waals surface area contributed by atoms with Gasteiger partial charge in [0.05, 0.1) is 20.8 Å². The van der Waals surface area contributed by atoms with E-state index in [0.717, 1.165) is 25.8 Å². The van der Waals surface area contributed by atoms with Crippen molar-refractivity contribution in [1.29, 1.82) is 0 Å². The Morgan fingerprint density at radius 3 is 2.86 bits per heavy atom. The average molecular weight is 314 g/mol. The molecule has 1 aromatic heterocycles. The van der Waals surface area contributed by atoms with Crippen LogP contribution in [0.5, 0.6) is 0 Å². The van der Waals surface area contributed by atoms with E-state index in [-0.39, 0.29) is 5.91 Å². The van der Waals surface area contributed by atoms with E-state index in [2.05, 4.69) is 10.3 Å². The molecule has 3 rings (SSSR count). The van der Waals surface area contributed by atoms with E-state index < -0.39 is 0 Å². The van der Waals surface area contributed by atoms with Gasteiger partial charge in [0.1, 0.15) is 0 Å². The van der Waals surface area contributed by atoms with Crippen LogP contribution < -0.4 is 5.32 Å². The molecule has 0 aliphatic heterocycles. The summed E-state index contributed by atoms with van der Waals surface area (Å²) in [5.74, 6) is -0.0914. The number of aryl methyl sites for hydroxylation is 1. The minimum Gasteiger partial charge on any atom is -0.322 e. The van der Waals surface area contributed by atoms with Crippen molar-refractivity contribution in [3.63, 3.8) is 0 Å². The smallest absolute Gasteiger partial charge is 0.256 e. The van der Waals surface area contributed by atoms with E-state index in [9.17, 15) is 4.79 Å². The lowest BCUT2D eigenvalue weighted by Gasteiger charge is -2.08. The molecule has 0 aliphatic rings. The Bertz CT molecular complexity index is 811. The Hall–Kier alpha value is -1.85. The fourth-order valence-electron chi connectivity index (χ4n) is 2.15. The van der Waals surface area contributed by atoms with Crippen LogP contribution in [-0.4, -0.2) is 17.1 Å². The molecule has 1 amide bonds. The zero-order valence-corrected chi connectivity index (χ0v) is 13.3. The number of nitrogens with zero attached hydrogens (tertiary/aromatic N) is 1. The molecule has 0 aliphatic carbocycles. The molecule has 106 valence electrons. The van der Waals surface area contributed by atoms with Crippen LogP contribution in [0.1, 0.15) is 15.4 Å². The number of aromatic nitrogens is 1. The van der Waals surface area contributed by atoms with Crippen molar-refractivity contribution in [3.8, 4) is 0 Å². The van der Waals surface area contributed by atoms with Crippen molar-refractivity contribution in [3.05, 3.63) is 53.0 Å². The van der Waals surface area contributed by atoms with Crippen LogP contribution in [0.25, 0.3) is 10.2 Å². The lowest BCUT2D eigenvalue weighted by Crippen LogP contribution is -2.12. The highest BCUT2D eigenvalue weighted by molar-refractivity contribution is 7.98. The minimum absolute atomic E-state index is 0.0914.